The first-order valence-electron chi connectivity index (χ1n) is 8.00. The van der Waals surface area contributed by atoms with Crippen molar-refractivity contribution in [2.24, 2.45) is 0 Å². The summed E-state index contributed by atoms with van der Waals surface area (Å²) >= 11 is 12.1. The highest BCUT2D eigenvalue weighted by atomic mass is 35.5. The number of carbonyl (C=O) groups excluding carboxylic acids is 1. The zero-order valence-corrected chi connectivity index (χ0v) is 15.4. The summed E-state index contributed by atoms with van der Waals surface area (Å²) in [6.45, 7) is 2.29. The van der Waals surface area contributed by atoms with E-state index in [-0.39, 0.29) is 18.0 Å². The van der Waals surface area contributed by atoms with Crippen LogP contribution in [0.1, 0.15) is 23.0 Å². The van der Waals surface area contributed by atoms with Crippen LogP contribution in [0.3, 0.4) is 0 Å². The molecule has 2 aromatic carbocycles. The molecule has 0 spiro atoms. The summed E-state index contributed by atoms with van der Waals surface area (Å²) in [5.74, 6) is -1.34. The Balaban J connectivity index is 2.01. The van der Waals surface area contributed by atoms with Gasteiger partial charge in [-0.05, 0) is 43.3 Å². The van der Waals surface area contributed by atoms with E-state index in [1.165, 1.54) is 0 Å². The summed E-state index contributed by atoms with van der Waals surface area (Å²) in [7, 11) is 0. The molecule has 0 bridgehead atoms. The number of H-pyrrole nitrogens is 1. The van der Waals surface area contributed by atoms with Gasteiger partial charge in [-0.25, -0.2) is 4.79 Å². The average Bonchev–Trinajstić information content (AvgIpc) is 2.94. The summed E-state index contributed by atoms with van der Waals surface area (Å²) in [4.78, 5) is 28.9. The van der Waals surface area contributed by atoms with Crippen LogP contribution in [0.2, 0.25) is 10.0 Å². The van der Waals surface area contributed by atoms with Gasteiger partial charge in [-0.3, -0.25) is 4.79 Å². The Kier molecular flexibility index (Phi) is 5.20. The fourth-order valence-corrected chi connectivity index (χ4v) is 3.34. The molecule has 0 saturated carbocycles. The lowest BCUT2D eigenvalue weighted by atomic mass is 10.1. The van der Waals surface area contributed by atoms with Crippen LogP contribution in [0.5, 0.6) is 0 Å². The first-order chi connectivity index (χ1) is 12.4. The molecule has 0 atom stereocenters. The van der Waals surface area contributed by atoms with Crippen LogP contribution in [0, 0.1) is 0 Å². The number of aromatic amines is 1. The van der Waals surface area contributed by atoms with Gasteiger partial charge in [-0.1, -0.05) is 29.3 Å². The maximum Gasteiger partial charge on any atom is 0.352 e. The number of nitrogens with one attached hydrogen (secondary N) is 1. The Morgan fingerprint density at radius 3 is 2.50 bits per heavy atom. The highest BCUT2D eigenvalue weighted by Gasteiger charge is 2.22. The van der Waals surface area contributed by atoms with Crippen molar-refractivity contribution in [1.82, 2.24) is 4.98 Å². The molecule has 1 heterocycles. The Morgan fingerprint density at radius 1 is 1.12 bits per heavy atom. The maximum atomic E-state index is 12.9. The average molecular weight is 391 g/mol. The number of carboxylic acids is 1. The van der Waals surface area contributed by atoms with Crippen molar-refractivity contribution in [3.05, 3.63) is 63.8 Å². The van der Waals surface area contributed by atoms with E-state index in [1.807, 2.05) is 6.92 Å². The molecular weight excluding hydrogens is 375 g/mol. The highest BCUT2D eigenvalue weighted by Crippen LogP contribution is 2.28. The molecule has 0 aliphatic rings. The molecule has 0 radical (unpaired) electrons. The molecule has 1 amide bonds. The number of anilines is 1. The topological polar surface area (TPSA) is 73.4 Å². The predicted octanol–water partition coefficient (Wildman–Crippen LogP) is 4.77. The van der Waals surface area contributed by atoms with Gasteiger partial charge in [0.1, 0.15) is 5.69 Å². The second-order valence-corrected chi connectivity index (χ2v) is 6.64. The van der Waals surface area contributed by atoms with E-state index in [9.17, 15) is 14.7 Å². The van der Waals surface area contributed by atoms with Crippen LogP contribution in [0.4, 0.5) is 5.69 Å². The van der Waals surface area contributed by atoms with E-state index >= 15 is 0 Å². The molecule has 3 rings (SSSR count). The number of halogens is 2. The van der Waals surface area contributed by atoms with Crippen molar-refractivity contribution in [2.75, 3.05) is 11.4 Å². The molecule has 5 nitrogen and oxygen atoms in total. The second-order valence-electron chi connectivity index (χ2n) is 5.77. The minimum absolute atomic E-state index is 0.00207. The van der Waals surface area contributed by atoms with Crippen LogP contribution in [-0.4, -0.2) is 28.5 Å². The number of aromatic nitrogens is 1. The van der Waals surface area contributed by atoms with Crippen molar-refractivity contribution in [3.8, 4) is 0 Å². The number of fused-ring (bicyclic) bond motifs is 1. The Hall–Kier alpha value is -2.50. The van der Waals surface area contributed by atoms with Gasteiger partial charge in [-0.15, -0.1) is 0 Å². The maximum absolute atomic E-state index is 12.9. The van der Waals surface area contributed by atoms with Gasteiger partial charge >= 0.3 is 5.97 Å². The number of amides is 1. The van der Waals surface area contributed by atoms with E-state index in [0.29, 0.717) is 38.7 Å². The Morgan fingerprint density at radius 2 is 1.85 bits per heavy atom. The number of likely N-dealkylation sites (N-methyl/N-ethyl adjacent to an activating group) is 1. The molecule has 0 unspecified atom stereocenters. The van der Waals surface area contributed by atoms with Crippen LogP contribution < -0.4 is 4.90 Å². The van der Waals surface area contributed by atoms with Gasteiger partial charge in [0, 0.05) is 38.7 Å². The van der Waals surface area contributed by atoms with Crippen molar-refractivity contribution < 1.29 is 14.7 Å². The van der Waals surface area contributed by atoms with Crippen LogP contribution >= 0.6 is 23.2 Å². The summed E-state index contributed by atoms with van der Waals surface area (Å²) in [6, 6.07) is 12.0. The fourth-order valence-electron chi connectivity index (χ4n) is 2.98. The third-order valence-electron chi connectivity index (χ3n) is 4.15. The van der Waals surface area contributed by atoms with E-state index in [0.717, 1.165) is 0 Å². The van der Waals surface area contributed by atoms with Gasteiger partial charge < -0.3 is 15.0 Å². The SMILES string of the molecule is CCN(C(=O)Cc1c(C(=O)O)[nH]c2ccc(Cl)cc12)c1cccc(Cl)c1. The normalized spacial score (nSPS) is 10.9. The zero-order valence-electron chi connectivity index (χ0n) is 13.9. The molecule has 0 fully saturated rings. The molecule has 26 heavy (non-hydrogen) atoms. The van der Waals surface area contributed by atoms with E-state index < -0.39 is 5.97 Å². The minimum atomic E-state index is -1.12. The summed E-state index contributed by atoms with van der Waals surface area (Å²) in [5, 5.41) is 11.1. The molecule has 0 saturated heterocycles. The number of aromatic carboxylic acids is 1. The monoisotopic (exact) mass is 390 g/mol. The molecule has 7 heteroatoms. The first kappa shape index (κ1) is 18.3. The highest BCUT2D eigenvalue weighted by molar-refractivity contribution is 6.31. The van der Waals surface area contributed by atoms with Crippen LogP contribution in [0.15, 0.2) is 42.5 Å². The number of carboxylic acid groups (broad SMARTS) is 1. The van der Waals surface area contributed by atoms with Gasteiger partial charge in [0.25, 0.3) is 0 Å². The quantitative estimate of drug-likeness (QED) is 0.658. The third kappa shape index (κ3) is 3.54. The van der Waals surface area contributed by atoms with Gasteiger partial charge in [0.05, 0.1) is 6.42 Å². The Labute approximate surface area is 160 Å². The first-order valence-corrected chi connectivity index (χ1v) is 8.75. The largest absolute Gasteiger partial charge is 0.477 e. The fraction of sp³-hybridized carbons (Fsp3) is 0.158. The van der Waals surface area contributed by atoms with Crippen molar-refractivity contribution >= 4 is 51.7 Å². The summed E-state index contributed by atoms with van der Waals surface area (Å²) < 4.78 is 0. The molecular formula is C19H16Cl2N2O3. The third-order valence-corrected chi connectivity index (χ3v) is 4.62. The van der Waals surface area contributed by atoms with Crippen molar-refractivity contribution in [3.63, 3.8) is 0 Å². The number of carbonyl (C=O) groups is 2. The van der Waals surface area contributed by atoms with E-state index in [1.54, 1.807) is 47.4 Å². The molecule has 0 aliphatic heterocycles. The molecule has 134 valence electrons. The number of rotatable bonds is 5. The predicted molar refractivity (Wildman–Crippen MR) is 103 cm³/mol. The lowest BCUT2D eigenvalue weighted by Crippen LogP contribution is -2.32. The molecule has 2 N–H and O–H groups in total. The van der Waals surface area contributed by atoms with Crippen molar-refractivity contribution in [2.45, 2.75) is 13.3 Å². The van der Waals surface area contributed by atoms with E-state index in [2.05, 4.69) is 4.98 Å². The summed E-state index contributed by atoms with van der Waals surface area (Å²) in [5.41, 5.74) is 1.71. The Bertz CT molecular complexity index is 998. The van der Waals surface area contributed by atoms with Crippen LogP contribution in [0.25, 0.3) is 10.9 Å². The van der Waals surface area contributed by atoms with Crippen molar-refractivity contribution in [1.29, 1.82) is 0 Å². The zero-order chi connectivity index (χ0) is 18.8. The number of hydrogen-bond acceptors (Lipinski definition) is 2. The minimum Gasteiger partial charge on any atom is -0.477 e. The lowest BCUT2D eigenvalue weighted by Gasteiger charge is -2.21. The second kappa shape index (κ2) is 7.40. The number of hydrogen-bond donors (Lipinski definition) is 2. The molecule has 0 aliphatic carbocycles. The number of benzene rings is 2. The molecule has 1 aromatic heterocycles. The molecule has 3 aromatic rings. The van der Waals surface area contributed by atoms with Crippen LogP contribution in [-0.2, 0) is 11.2 Å². The standard InChI is InChI=1S/C19H16Cl2N2O3/c1-2-23(13-5-3-4-11(20)8-13)17(24)10-15-14-9-12(21)6-7-16(14)22-18(15)19(25)26/h3-9,22H,2,10H2,1H3,(H,25,26). The van der Waals surface area contributed by atoms with E-state index in [4.69, 9.17) is 23.2 Å². The summed E-state index contributed by atoms with van der Waals surface area (Å²) in [6.07, 6.45) is -0.0671. The van der Waals surface area contributed by atoms with Gasteiger partial charge in [0.15, 0.2) is 0 Å². The lowest BCUT2D eigenvalue weighted by molar-refractivity contribution is -0.117. The smallest absolute Gasteiger partial charge is 0.352 e. The van der Waals surface area contributed by atoms with Gasteiger partial charge in [0.2, 0.25) is 5.91 Å². The number of nitrogens with zero attached hydrogens (tertiary/aromatic N) is 1. The van der Waals surface area contributed by atoms with Gasteiger partial charge in [-0.2, -0.15) is 0 Å².